The second kappa shape index (κ2) is 7.59. The third-order valence-electron chi connectivity index (χ3n) is 5.61. The molecule has 142 valence electrons. The molecular weight excluding hydrogens is 344 g/mol. The highest BCUT2D eigenvalue weighted by Crippen LogP contribution is 2.44. The van der Waals surface area contributed by atoms with Crippen molar-refractivity contribution in [3.8, 4) is 0 Å². The molecule has 1 aliphatic rings. The molecule has 28 heavy (non-hydrogen) atoms. The van der Waals surface area contributed by atoms with Gasteiger partial charge < -0.3 is 10.6 Å². The minimum absolute atomic E-state index is 0.180. The Kier molecular flexibility index (Phi) is 4.99. The van der Waals surface area contributed by atoms with Gasteiger partial charge in [-0.2, -0.15) is 0 Å². The van der Waals surface area contributed by atoms with Gasteiger partial charge in [0.05, 0.1) is 5.52 Å². The monoisotopic (exact) mass is 370 g/mol. The summed E-state index contributed by atoms with van der Waals surface area (Å²) in [5.41, 5.74) is 9.05. The molecule has 0 saturated heterocycles. The summed E-state index contributed by atoms with van der Waals surface area (Å²) in [5.74, 6) is 0.914. The van der Waals surface area contributed by atoms with Crippen LogP contribution in [0.15, 0.2) is 61.1 Å². The minimum Gasteiger partial charge on any atom is -0.373 e. The Balaban J connectivity index is 1.78. The van der Waals surface area contributed by atoms with Crippen molar-refractivity contribution in [2.24, 2.45) is 0 Å². The molecule has 0 radical (unpaired) electrons. The molecule has 0 aliphatic heterocycles. The number of anilines is 1. The smallest absolute Gasteiger partial charge is 0.129 e. The number of rotatable bonds is 6. The number of benzene rings is 1. The summed E-state index contributed by atoms with van der Waals surface area (Å²) in [4.78, 5) is 9.24. The Morgan fingerprint density at radius 2 is 2.04 bits per heavy atom. The highest BCUT2D eigenvalue weighted by Gasteiger charge is 2.39. The molecule has 4 heteroatoms. The van der Waals surface area contributed by atoms with E-state index in [0.717, 1.165) is 37.3 Å². The molecule has 0 amide bonds. The molecule has 0 spiro atoms. The lowest BCUT2D eigenvalue weighted by Gasteiger charge is -2.26. The first kappa shape index (κ1) is 18.4. The quantitative estimate of drug-likeness (QED) is 0.640. The Morgan fingerprint density at radius 3 is 2.79 bits per heavy atom. The largest absolute Gasteiger partial charge is 0.373 e. The predicted octanol–water partition coefficient (Wildman–Crippen LogP) is 4.16. The van der Waals surface area contributed by atoms with E-state index in [9.17, 15) is 0 Å². The van der Waals surface area contributed by atoms with Gasteiger partial charge >= 0.3 is 0 Å². The highest BCUT2D eigenvalue weighted by atomic mass is 15.0. The summed E-state index contributed by atoms with van der Waals surface area (Å²) >= 11 is 0. The molecule has 0 fully saturated rings. The number of pyridine rings is 2. The predicted molar refractivity (Wildman–Crippen MR) is 116 cm³/mol. The zero-order valence-corrected chi connectivity index (χ0v) is 16.5. The zero-order chi connectivity index (χ0) is 19.6. The molecule has 1 aliphatic carbocycles. The zero-order valence-electron chi connectivity index (χ0n) is 16.5. The Labute approximate surface area is 166 Å². The van der Waals surface area contributed by atoms with Crippen molar-refractivity contribution in [3.05, 3.63) is 83.4 Å². The maximum absolute atomic E-state index is 4.71. The highest BCUT2D eigenvalue weighted by molar-refractivity contribution is 5.81. The Bertz CT molecular complexity index is 1070. The maximum Gasteiger partial charge on any atom is 0.129 e. The van der Waals surface area contributed by atoms with Crippen LogP contribution < -0.4 is 10.6 Å². The van der Waals surface area contributed by atoms with Crippen LogP contribution in [-0.4, -0.2) is 23.6 Å². The fraction of sp³-hybridized carbons (Fsp3) is 0.292. The molecule has 0 saturated carbocycles. The summed E-state index contributed by atoms with van der Waals surface area (Å²) in [5, 5.41) is 7.82. The average Bonchev–Trinajstić information content (AvgIpc) is 3.08. The molecule has 4 nitrogen and oxygen atoms in total. The van der Waals surface area contributed by atoms with Crippen LogP contribution in [0.2, 0.25) is 0 Å². The molecule has 1 atom stereocenters. The van der Waals surface area contributed by atoms with Gasteiger partial charge in [-0.3, -0.25) is 4.98 Å². The van der Waals surface area contributed by atoms with E-state index in [0.29, 0.717) is 0 Å². The van der Waals surface area contributed by atoms with E-state index in [-0.39, 0.29) is 5.41 Å². The number of allylic oxidation sites excluding steroid dienone is 1. The fourth-order valence-electron chi connectivity index (χ4n) is 4.32. The van der Waals surface area contributed by atoms with Gasteiger partial charge in [-0.05, 0) is 66.4 Å². The van der Waals surface area contributed by atoms with E-state index in [4.69, 9.17) is 4.98 Å². The van der Waals surface area contributed by atoms with Crippen LogP contribution in [0.25, 0.3) is 10.9 Å². The fourth-order valence-corrected chi connectivity index (χ4v) is 4.32. The summed E-state index contributed by atoms with van der Waals surface area (Å²) in [6.45, 7) is 7.79. The second-order valence-electron chi connectivity index (χ2n) is 7.45. The van der Waals surface area contributed by atoms with E-state index >= 15 is 0 Å². The number of nitrogens with zero attached hydrogens (tertiary/aromatic N) is 2. The van der Waals surface area contributed by atoms with Gasteiger partial charge in [0.15, 0.2) is 0 Å². The molecule has 3 aromatic rings. The van der Waals surface area contributed by atoms with E-state index in [1.807, 2.05) is 25.5 Å². The number of hydrogen-bond acceptors (Lipinski definition) is 4. The maximum atomic E-state index is 4.71. The van der Waals surface area contributed by atoms with Gasteiger partial charge in [-0.1, -0.05) is 19.6 Å². The number of aromatic nitrogens is 2. The summed E-state index contributed by atoms with van der Waals surface area (Å²) < 4.78 is 0. The topological polar surface area (TPSA) is 49.8 Å². The molecule has 2 N–H and O–H groups in total. The molecule has 2 heterocycles. The van der Waals surface area contributed by atoms with E-state index in [1.54, 1.807) is 0 Å². The van der Waals surface area contributed by atoms with Crippen LogP contribution in [-0.2, 0) is 24.8 Å². The first-order valence-corrected chi connectivity index (χ1v) is 9.80. The number of fused-ring (bicyclic) bond motifs is 2. The van der Waals surface area contributed by atoms with Gasteiger partial charge in [0.2, 0.25) is 0 Å². The van der Waals surface area contributed by atoms with Gasteiger partial charge in [-0.15, -0.1) is 5.73 Å². The molecule has 1 aromatic carbocycles. The van der Waals surface area contributed by atoms with E-state index in [2.05, 4.69) is 65.2 Å². The molecule has 1 unspecified atom stereocenters. The van der Waals surface area contributed by atoms with Crippen molar-refractivity contribution in [3.63, 3.8) is 0 Å². The van der Waals surface area contributed by atoms with Crippen LogP contribution in [0.5, 0.6) is 0 Å². The van der Waals surface area contributed by atoms with Crippen molar-refractivity contribution in [2.45, 2.75) is 31.7 Å². The van der Waals surface area contributed by atoms with Crippen LogP contribution in [0.4, 0.5) is 5.82 Å². The van der Waals surface area contributed by atoms with Crippen LogP contribution >= 0.6 is 0 Å². The first-order chi connectivity index (χ1) is 13.7. The molecular formula is C24H26N4. The third-order valence-corrected chi connectivity index (χ3v) is 5.61. The van der Waals surface area contributed by atoms with Crippen molar-refractivity contribution >= 4 is 16.7 Å². The van der Waals surface area contributed by atoms with Crippen LogP contribution in [0.3, 0.4) is 0 Å². The van der Waals surface area contributed by atoms with Crippen molar-refractivity contribution < 1.29 is 0 Å². The lowest BCUT2D eigenvalue weighted by molar-refractivity contribution is 0.572. The van der Waals surface area contributed by atoms with Crippen LogP contribution in [0, 0.1) is 0 Å². The van der Waals surface area contributed by atoms with Crippen molar-refractivity contribution in [1.29, 1.82) is 0 Å². The summed E-state index contributed by atoms with van der Waals surface area (Å²) in [6, 6.07) is 11.0. The Hall–Kier alpha value is -2.94. The summed E-state index contributed by atoms with van der Waals surface area (Å²) in [6.07, 6.45) is 7.73. The van der Waals surface area contributed by atoms with Crippen molar-refractivity contribution in [2.75, 3.05) is 18.9 Å². The van der Waals surface area contributed by atoms with Gasteiger partial charge in [0, 0.05) is 42.4 Å². The Morgan fingerprint density at radius 1 is 1.21 bits per heavy atom. The van der Waals surface area contributed by atoms with E-state index in [1.165, 1.54) is 27.6 Å². The minimum atomic E-state index is -0.180. The summed E-state index contributed by atoms with van der Waals surface area (Å²) in [7, 11) is 1.92. The average molecular weight is 371 g/mol. The molecule has 4 rings (SSSR count). The molecule has 0 bridgehead atoms. The standard InChI is InChI=1S/C24H26N4/c1-4-8-24(21-7-6-9-27-23(21)25-3)13-19-11-18-10-17(15-26-5-2)16-28-22(18)12-20(19)14-24/h6-12,16,26H,1,5,13-15H2,2-3H3,(H,25,27). The SMILES string of the molecule is C=C=CC1(c2cccnc2NC)Cc2cc3cc(CNCC)cnc3cc2C1. The van der Waals surface area contributed by atoms with Gasteiger partial charge in [0.1, 0.15) is 5.82 Å². The van der Waals surface area contributed by atoms with Gasteiger partial charge in [-0.25, -0.2) is 4.98 Å². The molecule has 2 aromatic heterocycles. The number of nitrogens with one attached hydrogen (secondary N) is 2. The van der Waals surface area contributed by atoms with Gasteiger partial charge in [0.25, 0.3) is 0 Å². The van der Waals surface area contributed by atoms with Crippen LogP contribution in [0.1, 0.15) is 29.2 Å². The lowest BCUT2D eigenvalue weighted by Crippen LogP contribution is -2.25. The van der Waals surface area contributed by atoms with E-state index < -0.39 is 0 Å². The van der Waals surface area contributed by atoms with Crippen molar-refractivity contribution in [1.82, 2.24) is 15.3 Å². The first-order valence-electron chi connectivity index (χ1n) is 9.80. The normalized spacial score (nSPS) is 17.9. The second-order valence-corrected chi connectivity index (χ2v) is 7.45. The third kappa shape index (κ3) is 3.22. The lowest BCUT2D eigenvalue weighted by atomic mass is 9.78. The number of hydrogen-bond donors (Lipinski definition) is 2.